The average Bonchev–Trinajstić information content (AvgIpc) is 2.92. The molecule has 0 radical (unpaired) electrons. The normalized spacial score (nSPS) is 16.1. The van der Waals surface area contributed by atoms with Gasteiger partial charge in [-0.15, -0.1) is 11.3 Å². The number of esters is 1. The second-order valence-electron chi connectivity index (χ2n) is 4.74. The Hall–Kier alpha value is -1.47. The van der Waals surface area contributed by atoms with Crippen LogP contribution in [-0.4, -0.2) is 61.0 Å². The summed E-state index contributed by atoms with van der Waals surface area (Å²) in [6, 6.07) is 0. The number of aromatic nitrogens is 1. The SMILES string of the molecule is CC(=O)CC(=O)OCCN1CCN(c2nccs2)CC1. The van der Waals surface area contributed by atoms with Crippen LogP contribution in [0, 0.1) is 0 Å². The highest BCUT2D eigenvalue weighted by atomic mass is 32.1. The van der Waals surface area contributed by atoms with Crippen LogP contribution in [0.3, 0.4) is 0 Å². The van der Waals surface area contributed by atoms with Gasteiger partial charge in [-0.05, 0) is 6.92 Å². The third kappa shape index (κ3) is 4.57. The number of piperazine rings is 1. The summed E-state index contributed by atoms with van der Waals surface area (Å²) in [6.45, 7) is 6.20. The minimum absolute atomic E-state index is 0.127. The number of thiazole rings is 1. The van der Waals surface area contributed by atoms with E-state index in [0.717, 1.165) is 37.9 Å². The molecule has 0 amide bonds. The summed E-state index contributed by atoms with van der Waals surface area (Å²) in [5, 5.41) is 3.05. The van der Waals surface area contributed by atoms with Crippen LogP contribution >= 0.6 is 11.3 Å². The Labute approximate surface area is 122 Å². The number of carbonyl (C=O) groups is 2. The predicted molar refractivity (Wildman–Crippen MR) is 77.0 cm³/mol. The van der Waals surface area contributed by atoms with Crippen LogP contribution < -0.4 is 4.90 Å². The van der Waals surface area contributed by atoms with Crippen molar-refractivity contribution >= 4 is 28.2 Å². The third-order valence-electron chi connectivity index (χ3n) is 3.13. The molecule has 1 aliphatic heterocycles. The van der Waals surface area contributed by atoms with Crippen molar-refractivity contribution in [3.63, 3.8) is 0 Å². The smallest absolute Gasteiger partial charge is 0.313 e. The number of Topliss-reactive ketones (excluding diaryl/α,β-unsaturated/α-hetero) is 1. The Kier molecular flexibility index (Phi) is 5.49. The average molecular weight is 297 g/mol. The molecule has 6 nitrogen and oxygen atoms in total. The number of rotatable bonds is 6. The molecule has 2 rings (SSSR count). The van der Waals surface area contributed by atoms with E-state index in [1.54, 1.807) is 11.3 Å². The lowest BCUT2D eigenvalue weighted by molar-refractivity contribution is -0.146. The molecule has 0 aliphatic carbocycles. The van der Waals surface area contributed by atoms with E-state index in [4.69, 9.17) is 4.74 Å². The van der Waals surface area contributed by atoms with Gasteiger partial charge in [0.05, 0.1) is 0 Å². The van der Waals surface area contributed by atoms with Gasteiger partial charge in [0.2, 0.25) is 0 Å². The minimum Gasteiger partial charge on any atom is -0.464 e. The zero-order chi connectivity index (χ0) is 14.4. The first-order valence-corrected chi connectivity index (χ1v) is 7.55. The van der Waals surface area contributed by atoms with Crippen molar-refractivity contribution in [1.29, 1.82) is 0 Å². The summed E-state index contributed by atoms with van der Waals surface area (Å²) in [6.07, 6.45) is 1.69. The van der Waals surface area contributed by atoms with Crippen molar-refractivity contribution < 1.29 is 14.3 Å². The van der Waals surface area contributed by atoms with Crippen molar-refractivity contribution in [2.75, 3.05) is 44.2 Å². The molecular weight excluding hydrogens is 278 g/mol. The van der Waals surface area contributed by atoms with Crippen molar-refractivity contribution in [1.82, 2.24) is 9.88 Å². The summed E-state index contributed by atoms with van der Waals surface area (Å²) in [5.74, 6) is -0.592. The summed E-state index contributed by atoms with van der Waals surface area (Å²) in [7, 11) is 0. The van der Waals surface area contributed by atoms with Crippen molar-refractivity contribution in [3.05, 3.63) is 11.6 Å². The highest BCUT2D eigenvalue weighted by molar-refractivity contribution is 7.13. The lowest BCUT2D eigenvalue weighted by atomic mass is 10.3. The van der Waals surface area contributed by atoms with Gasteiger partial charge in [0.25, 0.3) is 0 Å². The molecule has 1 aliphatic rings. The van der Waals surface area contributed by atoms with Crippen molar-refractivity contribution in [3.8, 4) is 0 Å². The molecule has 0 spiro atoms. The van der Waals surface area contributed by atoms with Crippen LogP contribution in [0.4, 0.5) is 5.13 Å². The van der Waals surface area contributed by atoms with E-state index < -0.39 is 5.97 Å². The highest BCUT2D eigenvalue weighted by Crippen LogP contribution is 2.18. The molecule has 0 aromatic carbocycles. The van der Waals surface area contributed by atoms with E-state index >= 15 is 0 Å². The first-order chi connectivity index (χ1) is 9.65. The van der Waals surface area contributed by atoms with Gasteiger partial charge in [-0.25, -0.2) is 4.98 Å². The van der Waals surface area contributed by atoms with Crippen molar-refractivity contribution in [2.45, 2.75) is 13.3 Å². The molecule has 2 heterocycles. The Bertz CT molecular complexity index is 442. The number of carbonyl (C=O) groups excluding carboxylic acids is 2. The second kappa shape index (κ2) is 7.35. The molecule has 7 heteroatoms. The number of ether oxygens (including phenoxy) is 1. The van der Waals surface area contributed by atoms with Gasteiger partial charge in [-0.1, -0.05) is 0 Å². The maximum Gasteiger partial charge on any atom is 0.313 e. The fraction of sp³-hybridized carbons (Fsp3) is 0.615. The number of ketones is 1. The second-order valence-corrected chi connectivity index (χ2v) is 5.62. The lowest BCUT2D eigenvalue weighted by Gasteiger charge is -2.34. The molecule has 1 aromatic heterocycles. The first-order valence-electron chi connectivity index (χ1n) is 6.67. The molecule has 0 unspecified atom stereocenters. The first kappa shape index (κ1) is 14.9. The van der Waals surface area contributed by atoms with Gasteiger partial charge in [0, 0.05) is 44.3 Å². The zero-order valence-corrected chi connectivity index (χ0v) is 12.4. The standard InChI is InChI=1S/C13H19N3O3S/c1-11(17)10-12(18)19-8-7-15-3-5-16(6-4-15)13-14-2-9-20-13/h2,9H,3-8,10H2,1H3. The number of hydrogen-bond acceptors (Lipinski definition) is 7. The zero-order valence-electron chi connectivity index (χ0n) is 11.6. The molecule has 1 fully saturated rings. The fourth-order valence-electron chi connectivity index (χ4n) is 2.08. The van der Waals surface area contributed by atoms with Gasteiger partial charge in [-0.3, -0.25) is 14.5 Å². The molecule has 1 aromatic rings. The van der Waals surface area contributed by atoms with E-state index in [9.17, 15) is 9.59 Å². The van der Waals surface area contributed by atoms with Gasteiger partial charge < -0.3 is 9.64 Å². The quantitative estimate of drug-likeness (QED) is 0.571. The van der Waals surface area contributed by atoms with Crippen LogP contribution in [0.15, 0.2) is 11.6 Å². The summed E-state index contributed by atoms with van der Waals surface area (Å²) in [4.78, 5) is 30.8. The van der Waals surface area contributed by atoms with Crippen LogP contribution in [0.5, 0.6) is 0 Å². The molecule has 0 atom stereocenters. The maximum absolute atomic E-state index is 11.2. The largest absolute Gasteiger partial charge is 0.464 e. The minimum atomic E-state index is -0.432. The predicted octanol–water partition coefficient (Wildman–Crippen LogP) is 0.787. The Morgan fingerprint density at radius 3 is 2.70 bits per heavy atom. The van der Waals surface area contributed by atoms with Crippen LogP contribution in [0.1, 0.15) is 13.3 Å². The van der Waals surface area contributed by atoms with E-state index in [-0.39, 0.29) is 12.2 Å². The van der Waals surface area contributed by atoms with Gasteiger partial charge in [0.1, 0.15) is 18.8 Å². The number of hydrogen-bond donors (Lipinski definition) is 0. The van der Waals surface area contributed by atoms with E-state index in [1.807, 2.05) is 11.6 Å². The van der Waals surface area contributed by atoms with Gasteiger partial charge >= 0.3 is 5.97 Å². The van der Waals surface area contributed by atoms with Gasteiger partial charge in [0.15, 0.2) is 5.13 Å². The van der Waals surface area contributed by atoms with Crippen LogP contribution in [0.25, 0.3) is 0 Å². The summed E-state index contributed by atoms with van der Waals surface area (Å²) < 4.78 is 5.03. The number of nitrogens with zero attached hydrogens (tertiary/aromatic N) is 3. The summed E-state index contributed by atoms with van der Waals surface area (Å²) in [5.41, 5.74) is 0. The molecule has 20 heavy (non-hydrogen) atoms. The van der Waals surface area contributed by atoms with E-state index in [1.165, 1.54) is 6.92 Å². The van der Waals surface area contributed by atoms with E-state index in [2.05, 4.69) is 14.8 Å². The monoisotopic (exact) mass is 297 g/mol. The Balaban J connectivity index is 1.62. The van der Waals surface area contributed by atoms with Gasteiger partial charge in [-0.2, -0.15) is 0 Å². The molecule has 110 valence electrons. The van der Waals surface area contributed by atoms with Crippen molar-refractivity contribution in [2.24, 2.45) is 0 Å². The lowest BCUT2D eigenvalue weighted by Crippen LogP contribution is -2.47. The Morgan fingerprint density at radius 2 is 2.10 bits per heavy atom. The van der Waals surface area contributed by atoms with Crippen LogP contribution in [0.2, 0.25) is 0 Å². The molecule has 0 N–H and O–H groups in total. The molecule has 0 bridgehead atoms. The van der Waals surface area contributed by atoms with Crippen LogP contribution in [-0.2, 0) is 14.3 Å². The highest BCUT2D eigenvalue weighted by Gasteiger charge is 2.18. The summed E-state index contributed by atoms with van der Waals surface area (Å²) >= 11 is 1.65. The topological polar surface area (TPSA) is 62.7 Å². The molecule has 1 saturated heterocycles. The fourth-order valence-corrected chi connectivity index (χ4v) is 2.77. The maximum atomic E-state index is 11.2. The van der Waals surface area contributed by atoms with E-state index in [0.29, 0.717) is 6.61 Å². The number of anilines is 1. The third-order valence-corrected chi connectivity index (χ3v) is 3.96. The Morgan fingerprint density at radius 1 is 1.35 bits per heavy atom. The molecular formula is C13H19N3O3S. The molecule has 0 saturated carbocycles.